The van der Waals surface area contributed by atoms with E-state index in [1.807, 2.05) is 13.8 Å². The van der Waals surface area contributed by atoms with Crippen molar-refractivity contribution >= 4 is 21.8 Å². The van der Waals surface area contributed by atoms with E-state index in [9.17, 15) is 4.79 Å². The fourth-order valence-electron chi connectivity index (χ4n) is 1.86. The zero-order chi connectivity index (χ0) is 11.9. The normalized spacial score (nSPS) is 29.5. The van der Waals surface area contributed by atoms with Crippen LogP contribution in [0.2, 0.25) is 0 Å². The fraction of sp³-hybridized carbons (Fsp3) is 0.909. The van der Waals surface area contributed by atoms with Gasteiger partial charge >= 0.3 is 0 Å². The Morgan fingerprint density at radius 2 is 2.07 bits per heavy atom. The third-order valence-corrected chi connectivity index (χ3v) is 3.67. The lowest BCUT2D eigenvalue weighted by Gasteiger charge is -2.51. The molecule has 0 aliphatic heterocycles. The summed E-state index contributed by atoms with van der Waals surface area (Å²) in [7, 11) is 1.72. The first kappa shape index (κ1) is 13.0. The van der Waals surface area contributed by atoms with Crippen LogP contribution >= 0.6 is 15.9 Å². The maximum absolute atomic E-state index is 11.8. The third kappa shape index (κ3) is 2.53. The van der Waals surface area contributed by atoms with Gasteiger partial charge in [-0.05, 0) is 20.3 Å². The number of halogens is 1. The van der Waals surface area contributed by atoms with Crippen LogP contribution in [-0.2, 0) is 9.53 Å². The van der Waals surface area contributed by atoms with Gasteiger partial charge in [0, 0.05) is 18.6 Å². The molecule has 1 fully saturated rings. The molecule has 0 spiro atoms. The van der Waals surface area contributed by atoms with E-state index >= 15 is 0 Å². The van der Waals surface area contributed by atoms with E-state index in [1.165, 1.54) is 0 Å². The van der Waals surface area contributed by atoms with Gasteiger partial charge in [0.2, 0.25) is 5.91 Å². The van der Waals surface area contributed by atoms with Crippen LogP contribution in [0.1, 0.15) is 34.1 Å². The molecule has 0 aromatic rings. The number of hydrogen-bond donors (Lipinski definition) is 1. The second-order valence-electron chi connectivity index (χ2n) is 5.28. The predicted octanol–water partition coefficient (Wildman–Crippen LogP) is 2.09. The summed E-state index contributed by atoms with van der Waals surface area (Å²) in [4.78, 5) is 11.8. The van der Waals surface area contributed by atoms with Crippen LogP contribution in [0.4, 0.5) is 0 Å². The number of carbonyl (C=O) groups is 1. The highest BCUT2D eigenvalue weighted by atomic mass is 79.9. The van der Waals surface area contributed by atoms with E-state index in [-0.39, 0.29) is 23.5 Å². The Morgan fingerprint density at radius 1 is 1.53 bits per heavy atom. The Hall–Kier alpha value is -0.0900. The third-order valence-electron chi connectivity index (χ3n) is 3.31. The summed E-state index contributed by atoms with van der Waals surface area (Å²) >= 11 is 3.35. The van der Waals surface area contributed by atoms with Crippen molar-refractivity contribution in [3.05, 3.63) is 0 Å². The first-order chi connectivity index (χ1) is 6.69. The van der Waals surface area contributed by atoms with Gasteiger partial charge in [-0.3, -0.25) is 4.79 Å². The molecule has 1 amide bonds. The van der Waals surface area contributed by atoms with Crippen LogP contribution < -0.4 is 5.32 Å². The Morgan fingerprint density at radius 3 is 2.40 bits per heavy atom. The molecule has 15 heavy (non-hydrogen) atoms. The number of carbonyl (C=O) groups excluding carboxylic acids is 1. The van der Waals surface area contributed by atoms with Crippen LogP contribution in [0.3, 0.4) is 0 Å². The van der Waals surface area contributed by atoms with E-state index in [4.69, 9.17) is 4.74 Å². The summed E-state index contributed by atoms with van der Waals surface area (Å²) in [6.07, 6.45) is 1.15. The SMILES string of the molecule is COC1CC(NC(=O)C(C)(C)Br)C1(C)C. The van der Waals surface area contributed by atoms with Gasteiger partial charge in [-0.1, -0.05) is 29.8 Å². The average molecular weight is 278 g/mol. The van der Waals surface area contributed by atoms with Crippen LogP contribution in [0.5, 0.6) is 0 Å². The van der Waals surface area contributed by atoms with Crippen molar-refractivity contribution in [2.24, 2.45) is 5.41 Å². The lowest BCUT2D eigenvalue weighted by atomic mass is 9.64. The summed E-state index contributed by atoms with van der Waals surface area (Å²) in [5, 5.41) is 3.05. The van der Waals surface area contributed by atoms with Gasteiger partial charge in [0.1, 0.15) is 0 Å². The minimum atomic E-state index is -0.499. The number of rotatable bonds is 3. The Kier molecular flexibility index (Phi) is 3.51. The molecule has 1 saturated carbocycles. The summed E-state index contributed by atoms with van der Waals surface area (Å²) in [6, 6.07) is 0.215. The minimum absolute atomic E-state index is 0.0304. The summed E-state index contributed by atoms with van der Waals surface area (Å²) in [5.74, 6) is 0.0372. The van der Waals surface area contributed by atoms with Crippen LogP contribution in [0.25, 0.3) is 0 Å². The molecule has 1 N–H and O–H groups in total. The average Bonchev–Trinajstić information content (AvgIpc) is 2.09. The van der Waals surface area contributed by atoms with Crippen molar-refractivity contribution in [2.75, 3.05) is 7.11 Å². The van der Waals surface area contributed by atoms with Gasteiger partial charge in [0.05, 0.1) is 10.4 Å². The van der Waals surface area contributed by atoms with Crippen molar-refractivity contribution in [1.82, 2.24) is 5.32 Å². The van der Waals surface area contributed by atoms with Crippen LogP contribution in [0.15, 0.2) is 0 Å². The van der Waals surface area contributed by atoms with Gasteiger partial charge < -0.3 is 10.1 Å². The monoisotopic (exact) mass is 277 g/mol. The second kappa shape index (κ2) is 4.06. The van der Waals surface area contributed by atoms with Crippen molar-refractivity contribution in [3.8, 4) is 0 Å². The standard InChI is InChI=1S/C11H20BrNO2/c1-10(2)7(6-8(10)15-5)13-9(14)11(3,4)12/h7-8H,6H2,1-5H3,(H,13,14). The smallest absolute Gasteiger partial charge is 0.236 e. The molecule has 1 aliphatic rings. The van der Waals surface area contributed by atoms with Gasteiger partial charge in [-0.25, -0.2) is 0 Å². The maximum atomic E-state index is 11.8. The molecule has 2 unspecified atom stereocenters. The molecule has 0 saturated heterocycles. The molecule has 2 atom stereocenters. The highest BCUT2D eigenvalue weighted by Gasteiger charge is 2.49. The van der Waals surface area contributed by atoms with E-state index in [0.717, 1.165) is 6.42 Å². The number of hydrogen-bond acceptors (Lipinski definition) is 2. The first-order valence-electron chi connectivity index (χ1n) is 5.22. The fourth-order valence-corrected chi connectivity index (χ4v) is 1.97. The van der Waals surface area contributed by atoms with E-state index < -0.39 is 4.32 Å². The zero-order valence-corrected chi connectivity index (χ0v) is 11.6. The van der Waals surface area contributed by atoms with E-state index in [1.54, 1.807) is 7.11 Å². The highest BCUT2D eigenvalue weighted by Crippen LogP contribution is 2.42. The molecule has 0 aromatic heterocycles. The predicted molar refractivity (Wildman–Crippen MR) is 64.1 cm³/mol. The summed E-state index contributed by atoms with van der Waals surface area (Å²) < 4.78 is 4.84. The molecule has 1 aliphatic carbocycles. The molecular weight excluding hydrogens is 258 g/mol. The van der Waals surface area contributed by atoms with Gasteiger partial charge in [-0.15, -0.1) is 0 Å². The number of nitrogens with one attached hydrogen (secondary N) is 1. The number of methoxy groups -OCH3 is 1. The molecule has 1 rings (SSSR count). The lowest BCUT2D eigenvalue weighted by molar-refractivity contribution is -0.133. The molecule has 0 bridgehead atoms. The first-order valence-corrected chi connectivity index (χ1v) is 6.01. The van der Waals surface area contributed by atoms with Crippen molar-refractivity contribution in [1.29, 1.82) is 0 Å². The summed E-state index contributed by atoms with van der Waals surface area (Å²) in [5.41, 5.74) is 0.0304. The van der Waals surface area contributed by atoms with Crippen molar-refractivity contribution in [2.45, 2.75) is 50.6 Å². The Labute approximate surface area is 100 Å². The molecular formula is C11H20BrNO2. The Bertz CT molecular complexity index is 258. The van der Waals surface area contributed by atoms with Gasteiger partial charge in [-0.2, -0.15) is 0 Å². The van der Waals surface area contributed by atoms with Crippen molar-refractivity contribution < 1.29 is 9.53 Å². The summed E-state index contributed by atoms with van der Waals surface area (Å²) in [6.45, 7) is 7.94. The molecule has 0 aromatic carbocycles. The quantitative estimate of drug-likeness (QED) is 0.803. The van der Waals surface area contributed by atoms with E-state index in [2.05, 4.69) is 35.1 Å². The minimum Gasteiger partial charge on any atom is -0.381 e. The van der Waals surface area contributed by atoms with Gasteiger partial charge in [0.15, 0.2) is 0 Å². The van der Waals surface area contributed by atoms with E-state index in [0.29, 0.717) is 0 Å². The molecule has 3 nitrogen and oxygen atoms in total. The van der Waals surface area contributed by atoms with Crippen LogP contribution in [0, 0.1) is 5.41 Å². The lowest BCUT2D eigenvalue weighted by Crippen LogP contribution is -2.63. The number of ether oxygens (including phenoxy) is 1. The molecule has 0 radical (unpaired) electrons. The zero-order valence-electron chi connectivity index (χ0n) is 10.1. The topological polar surface area (TPSA) is 38.3 Å². The molecule has 0 heterocycles. The highest BCUT2D eigenvalue weighted by molar-refractivity contribution is 9.10. The van der Waals surface area contributed by atoms with Crippen molar-refractivity contribution in [3.63, 3.8) is 0 Å². The largest absolute Gasteiger partial charge is 0.381 e. The second-order valence-corrected chi connectivity index (χ2v) is 7.26. The number of amides is 1. The molecule has 88 valence electrons. The van der Waals surface area contributed by atoms with Gasteiger partial charge in [0.25, 0.3) is 0 Å². The molecule has 4 heteroatoms. The maximum Gasteiger partial charge on any atom is 0.236 e. The van der Waals surface area contributed by atoms with Crippen LogP contribution in [-0.4, -0.2) is 29.5 Å². The Balaban J connectivity index is 2.53. The number of alkyl halides is 1.